The zero-order valence-electron chi connectivity index (χ0n) is 10.8. The van der Waals surface area contributed by atoms with E-state index in [1.54, 1.807) is 6.92 Å². The summed E-state index contributed by atoms with van der Waals surface area (Å²) >= 11 is 0. The Bertz CT molecular complexity index is 222. The van der Waals surface area contributed by atoms with E-state index in [9.17, 15) is 9.67 Å². The summed E-state index contributed by atoms with van der Waals surface area (Å²) in [7, 11) is -3.96. The molecule has 17 heavy (non-hydrogen) atoms. The largest absolute Gasteiger partial charge is 0.472 e. The lowest BCUT2D eigenvalue weighted by Gasteiger charge is -2.14. The molecule has 0 aromatic carbocycles. The third-order valence-electron chi connectivity index (χ3n) is 2.36. The summed E-state index contributed by atoms with van der Waals surface area (Å²) in [5.41, 5.74) is 0. The zero-order valence-corrected chi connectivity index (χ0v) is 11.7. The lowest BCUT2D eigenvalue weighted by atomic mass is 10.1. The van der Waals surface area contributed by atoms with Gasteiger partial charge in [0.2, 0.25) is 0 Å². The number of hydrogen-bond acceptors (Lipinski definition) is 4. The van der Waals surface area contributed by atoms with E-state index in [1.165, 1.54) is 19.3 Å². The van der Waals surface area contributed by atoms with Crippen LogP contribution in [-0.2, 0) is 13.6 Å². The first kappa shape index (κ1) is 17.1. The number of phosphoric ester groups is 1. The molecule has 6 heteroatoms. The summed E-state index contributed by atoms with van der Waals surface area (Å²) in [4.78, 5) is 9.10. The van der Waals surface area contributed by atoms with E-state index in [0.717, 1.165) is 12.8 Å². The van der Waals surface area contributed by atoms with Crippen LogP contribution < -0.4 is 0 Å². The van der Waals surface area contributed by atoms with Crippen molar-refractivity contribution in [2.45, 2.75) is 58.5 Å². The number of rotatable bonds is 11. The average Bonchev–Trinajstić information content (AvgIpc) is 2.26. The predicted octanol–water partition coefficient (Wildman–Crippen LogP) is 2.86. The van der Waals surface area contributed by atoms with Gasteiger partial charge in [0.05, 0.1) is 19.3 Å². The first-order valence-electron chi connectivity index (χ1n) is 6.31. The number of phosphoric acid groups is 1. The predicted molar refractivity (Wildman–Crippen MR) is 66.8 cm³/mol. The zero-order chi connectivity index (χ0) is 13.1. The van der Waals surface area contributed by atoms with Crippen molar-refractivity contribution < 1.29 is 23.6 Å². The third kappa shape index (κ3) is 10.9. The molecule has 2 atom stereocenters. The van der Waals surface area contributed by atoms with E-state index < -0.39 is 13.9 Å². The molecule has 2 N–H and O–H groups in total. The van der Waals surface area contributed by atoms with Crippen molar-refractivity contribution in [2.24, 2.45) is 0 Å². The lowest BCUT2D eigenvalue weighted by Crippen LogP contribution is -2.14. The number of unbranched alkanes of at least 4 members (excludes halogenated alkanes) is 4. The summed E-state index contributed by atoms with van der Waals surface area (Å²) < 4.78 is 20.3. The minimum Gasteiger partial charge on any atom is -0.391 e. The Morgan fingerprint density at radius 3 is 2.35 bits per heavy atom. The van der Waals surface area contributed by atoms with Crippen molar-refractivity contribution in [3.05, 3.63) is 0 Å². The Balaban J connectivity index is 3.52. The molecular formula is C11H25O5P. The van der Waals surface area contributed by atoms with Crippen LogP contribution in [0.15, 0.2) is 0 Å². The molecule has 2 unspecified atom stereocenters. The van der Waals surface area contributed by atoms with E-state index >= 15 is 0 Å². The van der Waals surface area contributed by atoms with Gasteiger partial charge in [0, 0.05) is 0 Å². The summed E-state index contributed by atoms with van der Waals surface area (Å²) in [6.45, 7) is 3.72. The maximum absolute atomic E-state index is 11.1. The molecular weight excluding hydrogens is 243 g/mol. The molecule has 0 rings (SSSR count). The van der Waals surface area contributed by atoms with Crippen molar-refractivity contribution >= 4 is 7.82 Å². The van der Waals surface area contributed by atoms with E-state index in [-0.39, 0.29) is 13.2 Å². The molecule has 0 aliphatic rings. The van der Waals surface area contributed by atoms with Crippen LogP contribution in [0.25, 0.3) is 0 Å². The molecule has 5 nitrogen and oxygen atoms in total. The lowest BCUT2D eigenvalue weighted by molar-refractivity contribution is 0.0682. The van der Waals surface area contributed by atoms with Crippen molar-refractivity contribution in [1.82, 2.24) is 0 Å². The summed E-state index contributed by atoms with van der Waals surface area (Å²) in [5, 5.41) is 9.52. The van der Waals surface area contributed by atoms with Crippen LogP contribution in [0, 0.1) is 0 Å². The molecule has 104 valence electrons. The SMILES string of the molecule is CCCCCCCC(O)COP(=O)(O)OCC. The quantitative estimate of drug-likeness (QED) is 0.445. The van der Waals surface area contributed by atoms with Gasteiger partial charge in [0.15, 0.2) is 0 Å². The Hall–Kier alpha value is 0.0700. The van der Waals surface area contributed by atoms with Gasteiger partial charge >= 0.3 is 7.82 Å². The van der Waals surface area contributed by atoms with Gasteiger partial charge in [-0.3, -0.25) is 9.05 Å². The first-order chi connectivity index (χ1) is 8.02. The maximum Gasteiger partial charge on any atom is 0.472 e. The van der Waals surface area contributed by atoms with Crippen molar-refractivity contribution in [1.29, 1.82) is 0 Å². The fourth-order valence-electron chi connectivity index (χ4n) is 1.45. The highest BCUT2D eigenvalue weighted by molar-refractivity contribution is 7.47. The smallest absolute Gasteiger partial charge is 0.391 e. The van der Waals surface area contributed by atoms with Crippen LogP contribution in [0.2, 0.25) is 0 Å². The molecule has 0 radical (unpaired) electrons. The van der Waals surface area contributed by atoms with Crippen LogP contribution in [0.5, 0.6) is 0 Å². The Morgan fingerprint density at radius 1 is 1.12 bits per heavy atom. The van der Waals surface area contributed by atoms with Gasteiger partial charge in [0.25, 0.3) is 0 Å². The van der Waals surface area contributed by atoms with Gasteiger partial charge < -0.3 is 10.00 Å². The Kier molecular flexibility index (Phi) is 10.1. The second-order valence-electron chi connectivity index (χ2n) is 4.04. The van der Waals surface area contributed by atoms with Gasteiger partial charge in [-0.25, -0.2) is 4.57 Å². The van der Waals surface area contributed by atoms with Crippen LogP contribution >= 0.6 is 7.82 Å². The van der Waals surface area contributed by atoms with E-state index in [2.05, 4.69) is 16.0 Å². The van der Waals surface area contributed by atoms with Crippen LogP contribution in [-0.4, -0.2) is 29.3 Å². The molecule has 0 aromatic heterocycles. The fourth-order valence-corrected chi connectivity index (χ4v) is 2.21. The monoisotopic (exact) mass is 268 g/mol. The van der Waals surface area contributed by atoms with Crippen LogP contribution in [0.3, 0.4) is 0 Å². The second-order valence-corrected chi connectivity index (χ2v) is 5.49. The van der Waals surface area contributed by atoms with Crippen molar-refractivity contribution in [3.8, 4) is 0 Å². The Morgan fingerprint density at radius 2 is 1.76 bits per heavy atom. The maximum atomic E-state index is 11.1. The van der Waals surface area contributed by atoms with Crippen LogP contribution in [0.1, 0.15) is 52.4 Å². The summed E-state index contributed by atoms with van der Waals surface area (Å²) in [5.74, 6) is 0. The highest BCUT2D eigenvalue weighted by Gasteiger charge is 2.21. The van der Waals surface area contributed by atoms with Gasteiger partial charge in [-0.1, -0.05) is 39.0 Å². The molecule has 0 bridgehead atoms. The molecule has 0 spiro atoms. The van der Waals surface area contributed by atoms with Gasteiger partial charge in [-0.15, -0.1) is 0 Å². The molecule has 0 aliphatic heterocycles. The Labute approximate surface area is 104 Å². The molecule has 0 fully saturated rings. The molecule has 0 aromatic rings. The highest BCUT2D eigenvalue weighted by atomic mass is 31.2. The topological polar surface area (TPSA) is 76.0 Å². The van der Waals surface area contributed by atoms with E-state index in [0.29, 0.717) is 6.42 Å². The van der Waals surface area contributed by atoms with Crippen LogP contribution in [0.4, 0.5) is 0 Å². The summed E-state index contributed by atoms with van der Waals surface area (Å²) in [6, 6.07) is 0. The second kappa shape index (κ2) is 10.0. The number of hydrogen-bond donors (Lipinski definition) is 2. The van der Waals surface area contributed by atoms with E-state index in [4.69, 9.17) is 4.89 Å². The highest BCUT2D eigenvalue weighted by Crippen LogP contribution is 2.42. The first-order valence-corrected chi connectivity index (χ1v) is 7.81. The third-order valence-corrected chi connectivity index (χ3v) is 3.42. The molecule has 0 aliphatic carbocycles. The number of aliphatic hydroxyl groups excluding tert-OH is 1. The fraction of sp³-hybridized carbons (Fsp3) is 1.00. The van der Waals surface area contributed by atoms with Crippen molar-refractivity contribution in [3.63, 3.8) is 0 Å². The molecule has 0 saturated heterocycles. The summed E-state index contributed by atoms with van der Waals surface area (Å²) in [6.07, 6.45) is 5.45. The van der Waals surface area contributed by atoms with Crippen molar-refractivity contribution in [2.75, 3.05) is 13.2 Å². The molecule has 0 amide bonds. The van der Waals surface area contributed by atoms with Gasteiger partial charge in [0.1, 0.15) is 0 Å². The van der Waals surface area contributed by atoms with E-state index in [1.807, 2.05) is 0 Å². The van der Waals surface area contributed by atoms with Gasteiger partial charge in [-0.2, -0.15) is 0 Å². The minimum atomic E-state index is -3.96. The normalized spacial score (nSPS) is 16.7. The standard InChI is InChI=1S/C11H25O5P/c1-3-5-6-7-8-9-11(12)10-16-17(13,14)15-4-2/h11-12H,3-10H2,1-2H3,(H,13,14). The minimum absolute atomic E-state index is 0.112. The number of aliphatic hydroxyl groups is 1. The van der Waals surface area contributed by atoms with Gasteiger partial charge in [-0.05, 0) is 13.3 Å². The molecule has 0 saturated carbocycles. The average molecular weight is 268 g/mol. The molecule has 0 heterocycles.